The Morgan fingerprint density at radius 2 is 0.636 bits per heavy atom. The van der Waals surface area contributed by atoms with Crippen LogP contribution in [0.1, 0.15) is 173 Å². The molecule has 0 aromatic heterocycles. The highest BCUT2D eigenvalue weighted by Crippen LogP contribution is 2.16. The van der Waals surface area contributed by atoms with Crippen molar-refractivity contribution in [3.05, 3.63) is 0 Å². The lowest BCUT2D eigenvalue weighted by Gasteiger charge is -2.04. The number of nitrogens with two attached hydrogens (primary N) is 1. The molecule has 0 unspecified atom stereocenters. The number of carbonyl (C=O) groups excluding carboxylic acids is 1. The molecule has 0 aliphatic rings. The largest absolute Gasteiger partial charge is 0.330 e. The van der Waals surface area contributed by atoms with Gasteiger partial charge in [-0.1, -0.05) is 154 Å². The Morgan fingerprint density at radius 1 is 0.424 bits per heavy atom. The van der Waals surface area contributed by atoms with Crippen molar-refractivity contribution in [3.8, 4) is 0 Å². The smallest absolute Gasteiger partial charge is 0.243 e. The zero-order chi connectivity index (χ0) is 24.1. The molecule has 1 amide bonds. The number of hydroxylamine groups is 1. The Balaban J connectivity index is 3.02. The van der Waals surface area contributed by atoms with Gasteiger partial charge in [0.15, 0.2) is 0 Å². The van der Waals surface area contributed by atoms with E-state index >= 15 is 0 Å². The van der Waals surface area contributed by atoms with E-state index in [9.17, 15) is 4.79 Å². The molecule has 0 aromatic rings. The molecular weight excluding hydrogens is 408 g/mol. The lowest BCUT2D eigenvalue weighted by atomic mass is 10.0. The third kappa shape index (κ3) is 29.4. The summed E-state index contributed by atoms with van der Waals surface area (Å²) in [5.41, 5.74) is 7.22. The highest BCUT2D eigenvalue weighted by molar-refractivity contribution is 5.74. The molecule has 0 fully saturated rings. The van der Waals surface area contributed by atoms with E-state index in [4.69, 9.17) is 10.9 Å². The van der Waals surface area contributed by atoms with Crippen molar-refractivity contribution in [2.45, 2.75) is 173 Å². The minimum Gasteiger partial charge on any atom is -0.330 e. The summed E-state index contributed by atoms with van der Waals surface area (Å²) in [5.74, 6) is -0.257. The predicted molar refractivity (Wildman–Crippen MR) is 144 cm³/mol. The molecule has 0 radical (unpaired) electrons. The van der Waals surface area contributed by atoms with E-state index < -0.39 is 0 Å². The van der Waals surface area contributed by atoms with Gasteiger partial charge in [-0.2, -0.15) is 0 Å². The second-order valence-electron chi connectivity index (χ2n) is 10.3. The normalized spacial score (nSPS) is 11.2. The number of unbranched alkanes of at least 4 members (excludes halogenated alkanes) is 25. The first-order valence-corrected chi connectivity index (χ1v) is 14.9. The first kappa shape index (κ1) is 32.4. The summed E-state index contributed by atoms with van der Waals surface area (Å²) >= 11 is 0. The fraction of sp³-hybridized carbons (Fsp3) is 0.966. The van der Waals surface area contributed by atoms with Crippen molar-refractivity contribution in [2.24, 2.45) is 5.73 Å². The highest BCUT2D eigenvalue weighted by atomic mass is 16.5. The maximum Gasteiger partial charge on any atom is 0.243 e. The number of hydrogen-bond donors (Lipinski definition) is 3. The van der Waals surface area contributed by atoms with Crippen LogP contribution >= 0.6 is 0 Å². The van der Waals surface area contributed by atoms with Crippen LogP contribution in [-0.4, -0.2) is 17.7 Å². The van der Waals surface area contributed by atoms with Gasteiger partial charge in [-0.05, 0) is 19.4 Å². The highest BCUT2D eigenvalue weighted by Gasteiger charge is 1.99. The van der Waals surface area contributed by atoms with Gasteiger partial charge in [0.1, 0.15) is 0 Å². The Kier molecular flexibility index (Phi) is 28.9. The second-order valence-corrected chi connectivity index (χ2v) is 10.3. The number of nitrogens with one attached hydrogen (secondary N) is 1. The molecule has 198 valence electrons. The first-order chi connectivity index (χ1) is 16.3. The van der Waals surface area contributed by atoms with Crippen molar-refractivity contribution in [3.63, 3.8) is 0 Å². The molecule has 0 heterocycles. The van der Waals surface area contributed by atoms with Gasteiger partial charge in [-0.15, -0.1) is 0 Å². The lowest BCUT2D eigenvalue weighted by molar-refractivity contribution is -0.129. The summed E-state index contributed by atoms with van der Waals surface area (Å²) in [7, 11) is 0. The summed E-state index contributed by atoms with van der Waals surface area (Å²) in [6.45, 7) is 0.863. The average Bonchev–Trinajstić information content (AvgIpc) is 2.83. The van der Waals surface area contributed by atoms with E-state index in [1.165, 1.54) is 154 Å². The monoisotopic (exact) mass is 468 g/mol. The van der Waals surface area contributed by atoms with E-state index in [2.05, 4.69) is 0 Å². The Bertz CT molecular complexity index is 377. The van der Waals surface area contributed by atoms with Crippen molar-refractivity contribution in [1.29, 1.82) is 0 Å². The van der Waals surface area contributed by atoms with E-state index in [-0.39, 0.29) is 5.91 Å². The SMILES string of the molecule is NCCCCCCCCCCCCCCCCCCCCCCCCCCCCC(=O)NO. The molecule has 0 aliphatic carbocycles. The molecule has 4 N–H and O–H groups in total. The van der Waals surface area contributed by atoms with Crippen LogP contribution in [0.5, 0.6) is 0 Å². The summed E-state index contributed by atoms with van der Waals surface area (Å²) in [6, 6.07) is 0. The van der Waals surface area contributed by atoms with Crippen LogP contribution in [0.3, 0.4) is 0 Å². The molecule has 33 heavy (non-hydrogen) atoms. The molecular formula is C29H60N2O2. The van der Waals surface area contributed by atoms with Gasteiger partial charge >= 0.3 is 0 Å². The zero-order valence-electron chi connectivity index (χ0n) is 22.2. The molecule has 0 saturated heterocycles. The Morgan fingerprint density at radius 3 is 0.848 bits per heavy atom. The lowest BCUT2D eigenvalue weighted by Crippen LogP contribution is -2.17. The fourth-order valence-corrected chi connectivity index (χ4v) is 4.73. The van der Waals surface area contributed by atoms with Gasteiger partial charge in [-0.25, -0.2) is 5.48 Å². The topological polar surface area (TPSA) is 75.4 Å². The number of rotatable bonds is 28. The molecule has 4 nitrogen and oxygen atoms in total. The third-order valence-corrected chi connectivity index (χ3v) is 6.98. The van der Waals surface area contributed by atoms with Crippen LogP contribution in [-0.2, 0) is 4.79 Å². The molecule has 0 saturated carbocycles. The van der Waals surface area contributed by atoms with Crippen molar-refractivity contribution < 1.29 is 10.0 Å². The van der Waals surface area contributed by atoms with E-state index in [1.807, 2.05) is 0 Å². The quantitative estimate of drug-likeness (QED) is 0.0609. The van der Waals surface area contributed by atoms with Crippen LogP contribution in [0.15, 0.2) is 0 Å². The fourth-order valence-electron chi connectivity index (χ4n) is 4.73. The molecule has 0 bridgehead atoms. The zero-order valence-corrected chi connectivity index (χ0v) is 22.2. The maximum atomic E-state index is 10.9. The summed E-state index contributed by atoms with van der Waals surface area (Å²) < 4.78 is 0. The number of amides is 1. The van der Waals surface area contributed by atoms with E-state index in [1.54, 1.807) is 5.48 Å². The van der Waals surface area contributed by atoms with Gasteiger partial charge < -0.3 is 5.73 Å². The van der Waals surface area contributed by atoms with Crippen LogP contribution in [0.4, 0.5) is 0 Å². The van der Waals surface area contributed by atoms with Gasteiger partial charge in [0.05, 0.1) is 0 Å². The summed E-state index contributed by atoms with van der Waals surface area (Å²) in [6.07, 6.45) is 36.0. The van der Waals surface area contributed by atoms with Gasteiger partial charge in [0.2, 0.25) is 5.91 Å². The molecule has 0 rings (SSSR count). The molecule has 0 aromatic carbocycles. The number of hydrogen-bond acceptors (Lipinski definition) is 3. The summed E-state index contributed by atoms with van der Waals surface area (Å²) in [4.78, 5) is 10.9. The van der Waals surface area contributed by atoms with Crippen LogP contribution < -0.4 is 11.2 Å². The van der Waals surface area contributed by atoms with Crippen molar-refractivity contribution in [2.75, 3.05) is 6.54 Å². The Labute approximate surface area is 207 Å². The maximum absolute atomic E-state index is 10.9. The molecule has 4 heteroatoms. The van der Waals surface area contributed by atoms with Crippen LogP contribution in [0, 0.1) is 0 Å². The van der Waals surface area contributed by atoms with Crippen LogP contribution in [0.2, 0.25) is 0 Å². The second kappa shape index (κ2) is 29.4. The summed E-state index contributed by atoms with van der Waals surface area (Å²) in [5, 5.41) is 8.43. The standard InChI is InChI=1S/C29H60N2O2/c30-28-26-24-22-20-18-16-14-12-10-8-6-4-2-1-3-5-7-9-11-13-15-17-19-21-23-25-27-29(32)31-33/h33H,1-28,30H2,(H,31,32). The molecule has 0 aliphatic heterocycles. The number of carbonyl (C=O) groups is 1. The first-order valence-electron chi connectivity index (χ1n) is 14.9. The molecule has 0 atom stereocenters. The average molecular weight is 469 g/mol. The van der Waals surface area contributed by atoms with Crippen LogP contribution in [0.25, 0.3) is 0 Å². The minimum atomic E-state index is -0.257. The minimum absolute atomic E-state index is 0.257. The van der Waals surface area contributed by atoms with Gasteiger partial charge in [-0.3, -0.25) is 10.0 Å². The van der Waals surface area contributed by atoms with Crippen molar-refractivity contribution >= 4 is 5.91 Å². The van der Waals surface area contributed by atoms with E-state index in [0.29, 0.717) is 6.42 Å². The predicted octanol–water partition coefficient (Wildman–Crippen LogP) is 8.98. The Hall–Kier alpha value is -0.610. The third-order valence-electron chi connectivity index (χ3n) is 6.98. The van der Waals surface area contributed by atoms with Crippen molar-refractivity contribution in [1.82, 2.24) is 5.48 Å². The molecule has 0 spiro atoms. The van der Waals surface area contributed by atoms with Gasteiger partial charge in [0, 0.05) is 6.42 Å². The van der Waals surface area contributed by atoms with Gasteiger partial charge in [0.25, 0.3) is 0 Å². The van der Waals surface area contributed by atoms with E-state index in [0.717, 1.165) is 19.4 Å².